The second kappa shape index (κ2) is 10.2. The van der Waals surface area contributed by atoms with Gasteiger partial charge in [-0.3, -0.25) is 0 Å². The van der Waals surface area contributed by atoms with Crippen molar-refractivity contribution in [1.82, 2.24) is 9.55 Å². The number of hydrogen-bond acceptors (Lipinski definition) is 3. The van der Waals surface area contributed by atoms with Crippen molar-refractivity contribution >= 4 is 35.6 Å². The van der Waals surface area contributed by atoms with Gasteiger partial charge in [0.2, 0.25) is 0 Å². The van der Waals surface area contributed by atoms with Crippen LogP contribution in [0.5, 0.6) is 5.75 Å². The van der Waals surface area contributed by atoms with Gasteiger partial charge in [0.05, 0.1) is 18.3 Å². The Labute approximate surface area is 187 Å². The first-order valence-electron chi connectivity index (χ1n) is 9.05. The van der Waals surface area contributed by atoms with Gasteiger partial charge in [0.15, 0.2) is 5.96 Å². The molecule has 0 aliphatic carbocycles. The van der Waals surface area contributed by atoms with Gasteiger partial charge in [0.1, 0.15) is 17.4 Å². The molecule has 6 nitrogen and oxygen atoms in total. The van der Waals surface area contributed by atoms with Gasteiger partial charge in [-0.15, -0.1) is 24.0 Å². The number of imidazole rings is 1. The summed E-state index contributed by atoms with van der Waals surface area (Å²) in [5.74, 6) is 1.44. The lowest BCUT2D eigenvalue weighted by Gasteiger charge is -2.11. The Hall–Kier alpha value is -2.62. The molecule has 0 saturated carbocycles. The Morgan fingerprint density at radius 1 is 1.24 bits per heavy atom. The number of halogens is 2. The number of ether oxygens (including phenoxy) is 1. The molecule has 2 aromatic carbocycles. The molecule has 0 aliphatic heterocycles. The summed E-state index contributed by atoms with van der Waals surface area (Å²) in [6.45, 7) is 6.05. The maximum atomic E-state index is 14.4. The average molecular weight is 509 g/mol. The Balaban J connectivity index is 0.00000300. The molecule has 3 rings (SSSR count). The van der Waals surface area contributed by atoms with Crippen LogP contribution in [-0.4, -0.2) is 21.6 Å². The highest BCUT2D eigenvalue weighted by molar-refractivity contribution is 14.0. The molecule has 29 heavy (non-hydrogen) atoms. The standard InChI is InChI=1S/C21H24FN5O.HI/c1-14(2)28-18-7-5-17(6-8-18)26-21(23)25-13-16-4-9-20(19(22)12-16)27-11-10-24-15(27)3;/h4-12,14H,13H2,1-3H3,(H3,23,25,26);1H. The average Bonchev–Trinajstić information content (AvgIpc) is 3.07. The molecule has 8 heteroatoms. The van der Waals surface area contributed by atoms with E-state index in [4.69, 9.17) is 10.5 Å². The van der Waals surface area contributed by atoms with E-state index in [9.17, 15) is 4.39 Å². The van der Waals surface area contributed by atoms with E-state index in [0.717, 1.165) is 22.8 Å². The van der Waals surface area contributed by atoms with Crippen LogP contribution in [0.3, 0.4) is 0 Å². The molecule has 0 radical (unpaired) electrons. The topological polar surface area (TPSA) is 77.5 Å². The van der Waals surface area contributed by atoms with Crippen LogP contribution in [0.25, 0.3) is 5.69 Å². The monoisotopic (exact) mass is 509 g/mol. The van der Waals surface area contributed by atoms with Crippen molar-refractivity contribution in [2.45, 2.75) is 33.4 Å². The molecule has 0 atom stereocenters. The van der Waals surface area contributed by atoms with Crippen LogP contribution in [0.2, 0.25) is 0 Å². The first kappa shape index (κ1) is 22.7. The molecule has 3 N–H and O–H groups in total. The second-order valence-electron chi connectivity index (χ2n) is 6.65. The van der Waals surface area contributed by atoms with Gasteiger partial charge in [-0.2, -0.15) is 0 Å². The van der Waals surface area contributed by atoms with Crippen molar-refractivity contribution < 1.29 is 9.13 Å². The van der Waals surface area contributed by atoms with E-state index < -0.39 is 0 Å². The fourth-order valence-corrected chi connectivity index (χ4v) is 2.73. The number of guanidine groups is 1. The van der Waals surface area contributed by atoms with Crippen molar-refractivity contribution in [2.24, 2.45) is 10.7 Å². The lowest BCUT2D eigenvalue weighted by Crippen LogP contribution is -2.22. The summed E-state index contributed by atoms with van der Waals surface area (Å²) in [6, 6.07) is 12.5. The van der Waals surface area contributed by atoms with Crippen LogP contribution in [0, 0.1) is 12.7 Å². The van der Waals surface area contributed by atoms with Crippen LogP contribution >= 0.6 is 24.0 Å². The van der Waals surface area contributed by atoms with Gasteiger partial charge in [0, 0.05) is 18.1 Å². The summed E-state index contributed by atoms with van der Waals surface area (Å²) in [4.78, 5) is 8.39. The quantitative estimate of drug-likeness (QED) is 0.288. The third kappa shape index (κ3) is 6.18. The van der Waals surface area contributed by atoms with Gasteiger partial charge in [-0.25, -0.2) is 14.4 Å². The number of rotatable bonds is 6. The molecule has 0 spiro atoms. The normalized spacial score (nSPS) is 11.3. The number of hydrogen-bond donors (Lipinski definition) is 2. The number of aliphatic imine (C=N–C) groups is 1. The molecule has 154 valence electrons. The molecule has 0 fully saturated rings. The minimum atomic E-state index is -0.332. The molecule has 0 unspecified atom stereocenters. The van der Waals surface area contributed by atoms with E-state index in [0.29, 0.717) is 5.69 Å². The van der Waals surface area contributed by atoms with Crippen molar-refractivity contribution in [2.75, 3.05) is 5.32 Å². The summed E-state index contributed by atoms with van der Waals surface area (Å²) < 4.78 is 21.7. The fraction of sp³-hybridized carbons (Fsp3) is 0.238. The zero-order valence-corrected chi connectivity index (χ0v) is 18.9. The second-order valence-corrected chi connectivity index (χ2v) is 6.65. The highest BCUT2D eigenvalue weighted by Crippen LogP contribution is 2.18. The van der Waals surface area contributed by atoms with Crippen molar-refractivity contribution in [3.05, 3.63) is 72.1 Å². The molecular weight excluding hydrogens is 484 g/mol. The van der Waals surface area contributed by atoms with Gasteiger partial charge in [-0.05, 0) is 62.7 Å². The zero-order chi connectivity index (χ0) is 20.1. The van der Waals surface area contributed by atoms with E-state index in [1.807, 2.05) is 51.1 Å². The van der Waals surface area contributed by atoms with E-state index in [1.54, 1.807) is 23.0 Å². The van der Waals surface area contributed by atoms with Crippen molar-refractivity contribution in [1.29, 1.82) is 0 Å². The number of nitrogens with one attached hydrogen (secondary N) is 1. The first-order chi connectivity index (χ1) is 13.4. The predicted octanol–water partition coefficient (Wildman–Crippen LogP) is 4.65. The number of nitrogens with two attached hydrogens (primary N) is 1. The summed E-state index contributed by atoms with van der Waals surface area (Å²) in [7, 11) is 0. The van der Waals surface area contributed by atoms with Gasteiger partial charge < -0.3 is 20.4 Å². The molecule has 1 aromatic heterocycles. The van der Waals surface area contributed by atoms with E-state index in [2.05, 4.69) is 15.3 Å². The molecule has 1 heterocycles. The van der Waals surface area contributed by atoms with E-state index in [1.165, 1.54) is 6.07 Å². The Morgan fingerprint density at radius 3 is 2.55 bits per heavy atom. The number of benzene rings is 2. The van der Waals surface area contributed by atoms with E-state index in [-0.39, 0.29) is 48.4 Å². The van der Waals surface area contributed by atoms with Crippen LogP contribution in [0.15, 0.2) is 59.9 Å². The third-order valence-electron chi connectivity index (χ3n) is 4.03. The number of aryl methyl sites for hydroxylation is 1. The molecule has 0 saturated heterocycles. The predicted molar refractivity (Wildman–Crippen MR) is 125 cm³/mol. The SMILES string of the molecule is Cc1nccn1-c1ccc(CN=C(N)Nc2ccc(OC(C)C)cc2)cc1F.I. The highest BCUT2D eigenvalue weighted by Gasteiger charge is 2.08. The van der Waals surface area contributed by atoms with Gasteiger partial charge in [-0.1, -0.05) is 6.07 Å². The largest absolute Gasteiger partial charge is 0.491 e. The van der Waals surface area contributed by atoms with Crippen molar-refractivity contribution in [3.8, 4) is 11.4 Å². The van der Waals surface area contributed by atoms with Crippen LogP contribution in [0.1, 0.15) is 25.2 Å². The lowest BCUT2D eigenvalue weighted by molar-refractivity contribution is 0.242. The van der Waals surface area contributed by atoms with Gasteiger partial charge in [0.25, 0.3) is 0 Å². The highest BCUT2D eigenvalue weighted by atomic mass is 127. The zero-order valence-electron chi connectivity index (χ0n) is 16.6. The molecule has 0 bridgehead atoms. The van der Waals surface area contributed by atoms with Crippen LogP contribution in [0.4, 0.5) is 10.1 Å². The van der Waals surface area contributed by atoms with E-state index >= 15 is 0 Å². The number of anilines is 1. The van der Waals surface area contributed by atoms with Crippen LogP contribution in [-0.2, 0) is 6.54 Å². The smallest absolute Gasteiger partial charge is 0.193 e. The maximum absolute atomic E-state index is 14.4. The van der Waals surface area contributed by atoms with Crippen molar-refractivity contribution in [3.63, 3.8) is 0 Å². The minimum absolute atomic E-state index is 0. The molecule has 0 amide bonds. The summed E-state index contributed by atoms with van der Waals surface area (Å²) >= 11 is 0. The number of nitrogens with zero attached hydrogens (tertiary/aromatic N) is 3. The number of aromatic nitrogens is 2. The lowest BCUT2D eigenvalue weighted by atomic mass is 10.2. The fourth-order valence-electron chi connectivity index (χ4n) is 2.73. The molecular formula is C21H25FIN5O. The minimum Gasteiger partial charge on any atom is -0.491 e. The Morgan fingerprint density at radius 2 is 1.97 bits per heavy atom. The van der Waals surface area contributed by atoms with Crippen LogP contribution < -0.4 is 15.8 Å². The molecule has 3 aromatic rings. The maximum Gasteiger partial charge on any atom is 0.193 e. The summed E-state index contributed by atoms with van der Waals surface area (Å²) in [5.41, 5.74) is 7.92. The third-order valence-corrected chi connectivity index (χ3v) is 4.03. The first-order valence-corrected chi connectivity index (χ1v) is 9.05. The summed E-state index contributed by atoms with van der Waals surface area (Å²) in [6.07, 6.45) is 3.49. The Bertz CT molecular complexity index is 969. The molecule has 0 aliphatic rings. The van der Waals surface area contributed by atoms with Gasteiger partial charge >= 0.3 is 0 Å². The Kier molecular flexibility index (Phi) is 8.00. The summed E-state index contributed by atoms with van der Waals surface area (Å²) in [5, 5.41) is 3.01.